The number of amides is 2. The summed E-state index contributed by atoms with van der Waals surface area (Å²) < 4.78 is 1.70. The number of carbonyl (C=O) groups excluding carboxylic acids is 1. The van der Waals surface area contributed by atoms with Crippen molar-refractivity contribution in [2.75, 3.05) is 0 Å². The Morgan fingerprint density at radius 1 is 1.56 bits per heavy atom. The Morgan fingerprint density at radius 3 is 2.62 bits per heavy atom. The number of hydrogen-bond donors (Lipinski definition) is 2. The summed E-state index contributed by atoms with van der Waals surface area (Å²) in [5, 5.41) is 6.59. The van der Waals surface area contributed by atoms with Gasteiger partial charge in [-0.25, -0.2) is 4.79 Å². The minimum Gasteiger partial charge on any atom is -0.351 e. The standard InChI is InChI=1S/C11H16N4O/c1-7(9(3)14-11(12)16)8(2)10-5-13-15(4)6-10/h5-6H,2H2,1,3-4H3,(H3,12,14,16)/b9-7+. The van der Waals surface area contributed by atoms with Crippen LogP contribution in [0.4, 0.5) is 4.79 Å². The topological polar surface area (TPSA) is 72.9 Å². The highest BCUT2D eigenvalue weighted by Crippen LogP contribution is 2.21. The van der Waals surface area contributed by atoms with Crippen molar-refractivity contribution in [3.63, 3.8) is 0 Å². The van der Waals surface area contributed by atoms with E-state index in [1.807, 2.05) is 20.2 Å². The normalized spacial score (nSPS) is 11.9. The van der Waals surface area contributed by atoms with Crippen LogP contribution in [0.3, 0.4) is 0 Å². The van der Waals surface area contributed by atoms with Gasteiger partial charge in [0.05, 0.1) is 6.20 Å². The summed E-state index contributed by atoms with van der Waals surface area (Å²) in [5.74, 6) is 0. The maximum atomic E-state index is 10.7. The second-order valence-electron chi connectivity index (χ2n) is 3.62. The minimum absolute atomic E-state index is 0.573. The fourth-order valence-corrected chi connectivity index (χ4v) is 1.30. The number of aryl methyl sites for hydroxylation is 1. The van der Waals surface area contributed by atoms with Crippen molar-refractivity contribution in [1.82, 2.24) is 15.1 Å². The molecule has 0 aromatic carbocycles. The van der Waals surface area contributed by atoms with E-state index in [9.17, 15) is 4.79 Å². The molecule has 2 amide bonds. The molecule has 0 atom stereocenters. The number of aromatic nitrogens is 2. The predicted molar refractivity (Wildman–Crippen MR) is 63.3 cm³/mol. The monoisotopic (exact) mass is 220 g/mol. The van der Waals surface area contributed by atoms with Crippen molar-refractivity contribution in [1.29, 1.82) is 0 Å². The highest BCUT2D eigenvalue weighted by atomic mass is 16.2. The van der Waals surface area contributed by atoms with Crippen LogP contribution in [0.1, 0.15) is 19.4 Å². The quantitative estimate of drug-likeness (QED) is 0.755. The van der Waals surface area contributed by atoms with Crippen molar-refractivity contribution in [2.45, 2.75) is 13.8 Å². The average Bonchev–Trinajstić information content (AvgIpc) is 2.61. The first-order valence-electron chi connectivity index (χ1n) is 4.84. The fourth-order valence-electron chi connectivity index (χ4n) is 1.30. The minimum atomic E-state index is -0.573. The molecule has 16 heavy (non-hydrogen) atoms. The largest absolute Gasteiger partial charge is 0.351 e. The highest BCUT2D eigenvalue weighted by Gasteiger charge is 2.07. The predicted octanol–water partition coefficient (Wildman–Crippen LogP) is 1.40. The molecule has 0 aliphatic heterocycles. The lowest BCUT2D eigenvalue weighted by Crippen LogP contribution is -2.28. The SMILES string of the molecule is C=C(/C(C)=C(\C)NC(N)=O)c1cnn(C)c1. The molecule has 3 N–H and O–H groups in total. The van der Waals surface area contributed by atoms with Gasteiger partial charge in [0.2, 0.25) is 0 Å². The lowest BCUT2D eigenvalue weighted by Gasteiger charge is -2.09. The molecule has 0 aliphatic carbocycles. The van der Waals surface area contributed by atoms with Crippen LogP contribution in [0.25, 0.3) is 5.57 Å². The van der Waals surface area contributed by atoms with Crippen LogP contribution >= 0.6 is 0 Å². The van der Waals surface area contributed by atoms with Gasteiger partial charge in [0, 0.05) is 24.5 Å². The fraction of sp³-hybridized carbons (Fsp3) is 0.273. The van der Waals surface area contributed by atoms with Gasteiger partial charge in [0.1, 0.15) is 0 Å². The maximum Gasteiger partial charge on any atom is 0.316 e. The number of nitrogens with one attached hydrogen (secondary N) is 1. The van der Waals surface area contributed by atoms with Crippen molar-refractivity contribution in [3.05, 3.63) is 35.8 Å². The molecule has 0 saturated carbocycles. The summed E-state index contributed by atoms with van der Waals surface area (Å²) in [7, 11) is 1.84. The summed E-state index contributed by atoms with van der Waals surface area (Å²) in [6.45, 7) is 7.62. The van der Waals surface area contributed by atoms with E-state index in [1.54, 1.807) is 17.8 Å². The molecule has 0 fully saturated rings. The Kier molecular flexibility index (Phi) is 3.50. The Balaban J connectivity index is 2.93. The average molecular weight is 220 g/mol. The van der Waals surface area contributed by atoms with E-state index in [-0.39, 0.29) is 0 Å². The highest BCUT2D eigenvalue weighted by molar-refractivity contribution is 5.79. The molecule has 1 aromatic rings. The zero-order chi connectivity index (χ0) is 12.3. The van der Waals surface area contributed by atoms with Gasteiger partial charge in [-0.1, -0.05) is 6.58 Å². The van der Waals surface area contributed by atoms with Crippen LogP contribution in [0.5, 0.6) is 0 Å². The molecule has 0 spiro atoms. The van der Waals surface area contributed by atoms with Crippen LogP contribution in [0, 0.1) is 0 Å². The Bertz CT molecular complexity index is 456. The summed E-state index contributed by atoms with van der Waals surface area (Å²) in [4.78, 5) is 10.7. The van der Waals surface area contributed by atoms with E-state index in [0.29, 0.717) is 5.70 Å². The van der Waals surface area contributed by atoms with Crippen LogP contribution in [-0.4, -0.2) is 15.8 Å². The van der Waals surface area contributed by atoms with Gasteiger partial charge in [-0.15, -0.1) is 0 Å². The number of hydrogen-bond acceptors (Lipinski definition) is 2. The lowest BCUT2D eigenvalue weighted by molar-refractivity contribution is 0.251. The van der Waals surface area contributed by atoms with Gasteiger partial charge in [-0.3, -0.25) is 4.68 Å². The molecule has 0 unspecified atom stereocenters. The number of nitrogens with zero attached hydrogens (tertiary/aromatic N) is 2. The lowest BCUT2D eigenvalue weighted by atomic mass is 10.0. The molecule has 86 valence electrons. The number of carbonyl (C=O) groups is 1. The maximum absolute atomic E-state index is 10.7. The number of allylic oxidation sites excluding steroid dienone is 3. The Hall–Kier alpha value is -2.04. The van der Waals surface area contributed by atoms with E-state index < -0.39 is 6.03 Å². The van der Waals surface area contributed by atoms with Gasteiger partial charge in [-0.05, 0) is 25.0 Å². The summed E-state index contributed by atoms with van der Waals surface area (Å²) in [5.41, 5.74) is 8.36. The second-order valence-corrected chi connectivity index (χ2v) is 3.62. The zero-order valence-corrected chi connectivity index (χ0v) is 9.74. The van der Waals surface area contributed by atoms with Crippen molar-refractivity contribution >= 4 is 11.6 Å². The first kappa shape index (κ1) is 12.0. The van der Waals surface area contributed by atoms with Crippen molar-refractivity contribution in [3.8, 4) is 0 Å². The summed E-state index contributed by atoms with van der Waals surface area (Å²) >= 11 is 0. The second kappa shape index (κ2) is 4.65. The number of primary amides is 1. The van der Waals surface area contributed by atoms with Crippen LogP contribution in [-0.2, 0) is 7.05 Å². The molecule has 0 saturated heterocycles. The van der Waals surface area contributed by atoms with Crippen LogP contribution in [0.2, 0.25) is 0 Å². The van der Waals surface area contributed by atoms with Gasteiger partial charge in [-0.2, -0.15) is 5.10 Å². The Morgan fingerprint density at radius 2 is 2.19 bits per heavy atom. The van der Waals surface area contributed by atoms with Gasteiger partial charge in [0.25, 0.3) is 0 Å². The van der Waals surface area contributed by atoms with Crippen molar-refractivity contribution < 1.29 is 4.79 Å². The third-order valence-electron chi connectivity index (χ3n) is 2.38. The van der Waals surface area contributed by atoms with E-state index in [1.165, 1.54) is 0 Å². The molecule has 0 aliphatic rings. The summed E-state index contributed by atoms with van der Waals surface area (Å²) in [6.07, 6.45) is 3.59. The number of nitrogens with two attached hydrogens (primary N) is 1. The van der Waals surface area contributed by atoms with Gasteiger partial charge >= 0.3 is 6.03 Å². The molecule has 1 heterocycles. The smallest absolute Gasteiger partial charge is 0.316 e. The summed E-state index contributed by atoms with van der Waals surface area (Å²) in [6, 6.07) is -0.573. The first-order valence-corrected chi connectivity index (χ1v) is 4.84. The molecular weight excluding hydrogens is 204 g/mol. The van der Waals surface area contributed by atoms with E-state index in [2.05, 4.69) is 17.0 Å². The first-order chi connectivity index (χ1) is 7.41. The molecule has 5 nitrogen and oxygen atoms in total. The zero-order valence-electron chi connectivity index (χ0n) is 9.74. The molecule has 0 radical (unpaired) electrons. The number of urea groups is 1. The van der Waals surface area contributed by atoms with E-state index in [0.717, 1.165) is 16.7 Å². The van der Waals surface area contributed by atoms with E-state index >= 15 is 0 Å². The van der Waals surface area contributed by atoms with Crippen molar-refractivity contribution in [2.24, 2.45) is 12.8 Å². The Labute approximate surface area is 94.6 Å². The molecule has 5 heteroatoms. The van der Waals surface area contributed by atoms with Gasteiger partial charge in [0.15, 0.2) is 0 Å². The third kappa shape index (κ3) is 2.73. The molecule has 0 bridgehead atoms. The van der Waals surface area contributed by atoms with Gasteiger partial charge < -0.3 is 11.1 Å². The van der Waals surface area contributed by atoms with Crippen LogP contribution in [0.15, 0.2) is 30.2 Å². The van der Waals surface area contributed by atoms with Crippen LogP contribution < -0.4 is 11.1 Å². The third-order valence-corrected chi connectivity index (χ3v) is 2.38. The molecule has 1 aromatic heterocycles. The van der Waals surface area contributed by atoms with E-state index in [4.69, 9.17) is 5.73 Å². The molecular formula is C11H16N4O. The number of rotatable bonds is 3. The molecule has 1 rings (SSSR count).